The highest BCUT2D eigenvalue weighted by Gasteiger charge is 2.28. The Labute approximate surface area is 117 Å². The van der Waals surface area contributed by atoms with Crippen LogP contribution in [0.4, 0.5) is 0 Å². The van der Waals surface area contributed by atoms with Gasteiger partial charge in [0.15, 0.2) is 0 Å². The number of piperidine rings is 2. The van der Waals surface area contributed by atoms with E-state index < -0.39 is 0 Å². The van der Waals surface area contributed by atoms with Crippen molar-refractivity contribution >= 4 is 5.91 Å². The van der Waals surface area contributed by atoms with Crippen LogP contribution in [-0.4, -0.2) is 54.0 Å². The van der Waals surface area contributed by atoms with Crippen molar-refractivity contribution in [1.29, 1.82) is 0 Å². The number of hydrogen-bond acceptors (Lipinski definition) is 3. The first-order valence-corrected chi connectivity index (χ1v) is 7.86. The fourth-order valence-corrected chi connectivity index (χ4v) is 3.46. The van der Waals surface area contributed by atoms with Crippen LogP contribution in [0, 0.1) is 5.92 Å². The van der Waals surface area contributed by atoms with Crippen molar-refractivity contribution in [3.05, 3.63) is 0 Å². The molecule has 2 aliphatic heterocycles. The summed E-state index contributed by atoms with van der Waals surface area (Å²) in [6, 6.07) is 0.362. The zero-order chi connectivity index (χ0) is 13.8. The van der Waals surface area contributed by atoms with Gasteiger partial charge in [-0.3, -0.25) is 4.79 Å². The molecule has 0 aromatic carbocycles. The second-order valence-corrected chi connectivity index (χ2v) is 6.42. The van der Waals surface area contributed by atoms with Gasteiger partial charge in [0.05, 0.1) is 6.04 Å². The monoisotopic (exact) mass is 267 g/mol. The molecule has 0 spiro atoms. The van der Waals surface area contributed by atoms with Crippen LogP contribution in [0.3, 0.4) is 0 Å². The molecule has 2 rings (SSSR count). The third-order valence-electron chi connectivity index (χ3n) is 4.65. The first-order valence-electron chi connectivity index (χ1n) is 7.86. The number of rotatable bonds is 3. The molecule has 19 heavy (non-hydrogen) atoms. The van der Waals surface area contributed by atoms with Crippen LogP contribution in [0.1, 0.15) is 46.0 Å². The van der Waals surface area contributed by atoms with Crippen molar-refractivity contribution in [2.24, 2.45) is 11.7 Å². The number of amides is 1. The molecule has 2 N–H and O–H groups in total. The minimum atomic E-state index is -0.354. The van der Waals surface area contributed by atoms with Gasteiger partial charge < -0.3 is 15.5 Å². The zero-order valence-corrected chi connectivity index (χ0v) is 12.5. The summed E-state index contributed by atoms with van der Waals surface area (Å²) in [5.41, 5.74) is 5.72. The van der Waals surface area contributed by atoms with Gasteiger partial charge in [0.1, 0.15) is 0 Å². The van der Waals surface area contributed by atoms with Crippen LogP contribution in [0.15, 0.2) is 0 Å². The van der Waals surface area contributed by atoms with Gasteiger partial charge in [0.2, 0.25) is 5.91 Å². The molecule has 4 heteroatoms. The molecule has 0 bridgehead atoms. The first kappa shape index (κ1) is 14.8. The minimum absolute atomic E-state index is 0.122. The molecule has 4 nitrogen and oxygen atoms in total. The molecule has 2 heterocycles. The Bertz CT molecular complexity index is 306. The molecule has 1 amide bonds. The molecule has 3 atom stereocenters. The SMILES string of the molecule is C[C@@H]1CCCCN1C[C@H]1CCCN(C(=O)[C@@H](C)N)C1. The lowest BCUT2D eigenvalue weighted by Gasteiger charge is -2.40. The van der Waals surface area contributed by atoms with Gasteiger partial charge in [-0.2, -0.15) is 0 Å². The molecule has 0 unspecified atom stereocenters. The average Bonchev–Trinajstić information content (AvgIpc) is 2.41. The maximum atomic E-state index is 12.0. The van der Waals surface area contributed by atoms with E-state index in [1.165, 1.54) is 32.2 Å². The maximum Gasteiger partial charge on any atom is 0.239 e. The molecule has 0 saturated carbocycles. The Hall–Kier alpha value is -0.610. The summed E-state index contributed by atoms with van der Waals surface area (Å²) < 4.78 is 0. The van der Waals surface area contributed by atoms with E-state index in [1.54, 1.807) is 6.92 Å². The summed E-state index contributed by atoms with van der Waals surface area (Å²) >= 11 is 0. The Morgan fingerprint density at radius 2 is 2.05 bits per heavy atom. The van der Waals surface area contributed by atoms with Crippen LogP contribution < -0.4 is 5.73 Å². The Morgan fingerprint density at radius 1 is 1.26 bits per heavy atom. The van der Waals surface area contributed by atoms with Gasteiger partial charge in [-0.25, -0.2) is 0 Å². The molecular weight excluding hydrogens is 238 g/mol. The Kier molecular flexibility index (Phi) is 5.22. The molecule has 0 aromatic rings. The van der Waals surface area contributed by atoms with Crippen molar-refractivity contribution in [2.75, 3.05) is 26.2 Å². The molecular formula is C15H29N3O. The van der Waals surface area contributed by atoms with Crippen LogP contribution in [0.25, 0.3) is 0 Å². The number of nitrogens with zero attached hydrogens (tertiary/aromatic N) is 2. The molecule has 110 valence electrons. The number of likely N-dealkylation sites (tertiary alicyclic amines) is 2. The summed E-state index contributed by atoms with van der Waals surface area (Å²) in [5.74, 6) is 0.758. The predicted molar refractivity (Wildman–Crippen MR) is 77.8 cm³/mol. The van der Waals surface area contributed by atoms with E-state index in [2.05, 4.69) is 11.8 Å². The third kappa shape index (κ3) is 3.93. The third-order valence-corrected chi connectivity index (χ3v) is 4.65. The summed E-state index contributed by atoms with van der Waals surface area (Å²) in [6.45, 7) is 8.32. The number of nitrogens with two attached hydrogens (primary N) is 1. The van der Waals surface area contributed by atoms with Crippen molar-refractivity contribution in [3.63, 3.8) is 0 Å². The smallest absolute Gasteiger partial charge is 0.239 e. The van der Waals surface area contributed by atoms with E-state index in [0.29, 0.717) is 12.0 Å². The highest BCUT2D eigenvalue weighted by Crippen LogP contribution is 2.23. The topological polar surface area (TPSA) is 49.6 Å². The van der Waals surface area contributed by atoms with Gasteiger partial charge >= 0.3 is 0 Å². The van der Waals surface area contributed by atoms with Crippen LogP contribution in [0.5, 0.6) is 0 Å². The summed E-state index contributed by atoms with van der Waals surface area (Å²) in [4.78, 5) is 16.6. The van der Waals surface area contributed by atoms with Crippen LogP contribution >= 0.6 is 0 Å². The van der Waals surface area contributed by atoms with E-state index in [1.807, 2.05) is 4.90 Å². The van der Waals surface area contributed by atoms with Crippen molar-refractivity contribution in [2.45, 2.75) is 58.0 Å². The molecule has 2 aliphatic rings. The maximum absolute atomic E-state index is 12.0. The standard InChI is InChI=1S/C15H29N3O/c1-12-6-3-4-8-17(12)10-14-7-5-9-18(11-14)15(19)13(2)16/h12-14H,3-11,16H2,1-2H3/t12-,13-,14-/m1/s1. The largest absolute Gasteiger partial charge is 0.341 e. The van der Waals surface area contributed by atoms with Crippen molar-refractivity contribution < 1.29 is 4.79 Å². The number of carbonyl (C=O) groups excluding carboxylic acids is 1. The second-order valence-electron chi connectivity index (χ2n) is 6.42. The van der Waals surface area contributed by atoms with E-state index in [4.69, 9.17) is 5.73 Å². The van der Waals surface area contributed by atoms with Gasteiger partial charge in [-0.15, -0.1) is 0 Å². The Morgan fingerprint density at radius 3 is 2.74 bits per heavy atom. The highest BCUT2D eigenvalue weighted by atomic mass is 16.2. The summed E-state index contributed by atoms with van der Waals surface area (Å²) in [5, 5.41) is 0. The highest BCUT2D eigenvalue weighted by molar-refractivity contribution is 5.81. The van der Waals surface area contributed by atoms with E-state index in [0.717, 1.165) is 26.1 Å². The van der Waals surface area contributed by atoms with Gasteiger partial charge in [0.25, 0.3) is 0 Å². The fraction of sp³-hybridized carbons (Fsp3) is 0.933. The molecule has 0 radical (unpaired) electrons. The van der Waals surface area contributed by atoms with Crippen LogP contribution in [0.2, 0.25) is 0 Å². The molecule has 2 saturated heterocycles. The summed E-state index contributed by atoms with van der Waals surface area (Å²) in [7, 11) is 0. The predicted octanol–water partition coefficient (Wildman–Crippen LogP) is 1.45. The van der Waals surface area contributed by atoms with E-state index >= 15 is 0 Å². The van der Waals surface area contributed by atoms with Crippen LogP contribution in [-0.2, 0) is 4.79 Å². The first-order chi connectivity index (χ1) is 9.08. The minimum Gasteiger partial charge on any atom is -0.341 e. The second kappa shape index (κ2) is 6.71. The number of hydrogen-bond donors (Lipinski definition) is 1. The van der Waals surface area contributed by atoms with E-state index in [-0.39, 0.29) is 11.9 Å². The van der Waals surface area contributed by atoms with Crippen molar-refractivity contribution in [1.82, 2.24) is 9.80 Å². The lowest BCUT2D eigenvalue weighted by Crippen LogP contribution is -2.50. The van der Waals surface area contributed by atoms with Gasteiger partial charge in [-0.1, -0.05) is 6.42 Å². The van der Waals surface area contributed by atoms with Crippen molar-refractivity contribution in [3.8, 4) is 0 Å². The number of carbonyl (C=O) groups is 1. The van der Waals surface area contributed by atoms with Gasteiger partial charge in [0, 0.05) is 25.7 Å². The zero-order valence-electron chi connectivity index (χ0n) is 12.5. The molecule has 2 fully saturated rings. The average molecular weight is 267 g/mol. The Balaban J connectivity index is 1.85. The normalized spacial score (nSPS) is 31.2. The lowest BCUT2D eigenvalue weighted by atomic mass is 9.94. The van der Waals surface area contributed by atoms with Gasteiger partial charge in [-0.05, 0) is 52.0 Å². The molecule has 0 aromatic heterocycles. The van der Waals surface area contributed by atoms with E-state index in [9.17, 15) is 4.79 Å². The molecule has 0 aliphatic carbocycles. The summed E-state index contributed by atoms with van der Waals surface area (Å²) in [6.07, 6.45) is 6.42. The quantitative estimate of drug-likeness (QED) is 0.842. The fourth-order valence-electron chi connectivity index (χ4n) is 3.46. The lowest BCUT2D eigenvalue weighted by molar-refractivity contribution is -0.134.